The van der Waals surface area contributed by atoms with Gasteiger partial charge in [-0.3, -0.25) is 0 Å². The summed E-state index contributed by atoms with van der Waals surface area (Å²) in [4.78, 5) is 4.16. The Balaban J connectivity index is 2.16. The molecule has 2 aromatic heterocycles. The summed E-state index contributed by atoms with van der Waals surface area (Å²) in [7, 11) is -3.73. The number of furan rings is 1. The monoisotopic (exact) mass is 329 g/mol. The highest BCUT2D eigenvalue weighted by molar-refractivity contribution is 7.89. The van der Waals surface area contributed by atoms with Gasteiger partial charge in [-0.25, -0.2) is 13.4 Å². The minimum absolute atomic E-state index is 0.0833. The number of nitrogens with one attached hydrogen (secondary N) is 2. The molecule has 2 aromatic rings. The molecule has 21 heavy (non-hydrogen) atoms. The molecular formula is C13H19N3O3S2. The average Bonchev–Trinajstić information content (AvgIpc) is 3.06. The largest absolute Gasteiger partial charge is 0.447 e. The minimum Gasteiger partial charge on any atom is -0.447 e. The molecule has 0 atom stereocenters. The number of hydrogen-bond acceptors (Lipinski definition) is 6. The predicted octanol–water partition coefficient (Wildman–Crippen LogP) is 2.06. The first-order valence-corrected chi connectivity index (χ1v) is 8.95. The number of thiazole rings is 1. The number of rotatable bonds is 7. The average molecular weight is 329 g/mol. The van der Waals surface area contributed by atoms with Crippen LogP contribution in [0.3, 0.4) is 0 Å². The van der Waals surface area contributed by atoms with Crippen LogP contribution in [0.5, 0.6) is 0 Å². The first kappa shape index (κ1) is 16.2. The molecule has 0 amide bonds. The van der Waals surface area contributed by atoms with Gasteiger partial charge in [-0.1, -0.05) is 6.92 Å². The van der Waals surface area contributed by atoms with Gasteiger partial charge in [-0.05, 0) is 32.5 Å². The Bertz CT molecular complexity index is 675. The third kappa shape index (κ3) is 3.91. The maximum absolute atomic E-state index is 12.4. The lowest BCUT2D eigenvalue weighted by Gasteiger charge is -2.22. The van der Waals surface area contributed by atoms with Crippen LogP contribution in [0, 0.1) is 0 Å². The molecule has 0 saturated heterocycles. The third-order valence-corrected chi connectivity index (χ3v) is 5.43. The molecule has 0 unspecified atom stereocenters. The predicted molar refractivity (Wildman–Crippen MR) is 81.6 cm³/mol. The molecule has 0 aliphatic rings. The van der Waals surface area contributed by atoms with Gasteiger partial charge in [0.2, 0.25) is 5.09 Å². The van der Waals surface area contributed by atoms with Gasteiger partial charge in [-0.15, -0.1) is 11.3 Å². The van der Waals surface area contributed by atoms with Gasteiger partial charge in [0.1, 0.15) is 10.8 Å². The number of aromatic nitrogens is 1. The summed E-state index contributed by atoms with van der Waals surface area (Å²) in [5, 5.41) is 5.51. The highest BCUT2D eigenvalue weighted by atomic mass is 32.2. The molecule has 0 aliphatic heterocycles. The molecule has 2 N–H and O–H groups in total. The molecule has 0 saturated carbocycles. The third-order valence-electron chi connectivity index (χ3n) is 2.81. The summed E-state index contributed by atoms with van der Waals surface area (Å²) >= 11 is 1.40. The molecule has 0 spiro atoms. The lowest BCUT2D eigenvalue weighted by atomic mass is 10.1. The van der Waals surface area contributed by atoms with Crippen molar-refractivity contribution >= 4 is 21.4 Å². The molecule has 6 nitrogen and oxygen atoms in total. The van der Waals surface area contributed by atoms with Crippen molar-refractivity contribution in [2.24, 2.45) is 0 Å². The second-order valence-corrected chi connectivity index (χ2v) is 7.58. The van der Waals surface area contributed by atoms with Crippen LogP contribution < -0.4 is 10.0 Å². The SMILES string of the molecule is CCNCc1ccc(S(=O)(=O)NC(C)(C)c2nccs2)o1. The van der Waals surface area contributed by atoms with E-state index in [0.717, 1.165) is 6.54 Å². The fourth-order valence-electron chi connectivity index (χ4n) is 1.81. The first-order valence-electron chi connectivity index (χ1n) is 6.58. The highest BCUT2D eigenvalue weighted by Crippen LogP contribution is 2.25. The summed E-state index contributed by atoms with van der Waals surface area (Å²) in [5.41, 5.74) is -0.790. The number of nitrogens with zero attached hydrogens (tertiary/aromatic N) is 1. The molecule has 2 heterocycles. The lowest BCUT2D eigenvalue weighted by Crippen LogP contribution is -2.40. The zero-order chi connectivity index (χ0) is 15.5. The molecule has 0 aliphatic carbocycles. The van der Waals surface area contributed by atoms with Gasteiger partial charge in [0.05, 0.1) is 12.1 Å². The molecule has 2 rings (SSSR count). The lowest BCUT2D eigenvalue weighted by molar-refractivity contribution is 0.391. The van der Waals surface area contributed by atoms with Gasteiger partial charge in [0.25, 0.3) is 10.0 Å². The summed E-state index contributed by atoms with van der Waals surface area (Å²) in [6, 6.07) is 3.13. The van der Waals surface area contributed by atoms with Gasteiger partial charge in [0.15, 0.2) is 0 Å². The fourth-order valence-corrected chi connectivity index (χ4v) is 3.92. The first-order chi connectivity index (χ1) is 9.85. The van der Waals surface area contributed by atoms with Crippen molar-refractivity contribution in [3.8, 4) is 0 Å². The number of sulfonamides is 1. The van der Waals surface area contributed by atoms with Crippen molar-refractivity contribution in [1.82, 2.24) is 15.0 Å². The van der Waals surface area contributed by atoms with E-state index in [1.165, 1.54) is 17.4 Å². The van der Waals surface area contributed by atoms with Crippen molar-refractivity contribution in [3.63, 3.8) is 0 Å². The van der Waals surface area contributed by atoms with E-state index in [-0.39, 0.29) is 5.09 Å². The molecule has 0 fully saturated rings. The molecular weight excluding hydrogens is 310 g/mol. The van der Waals surface area contributed by atoms with E-state index in [2.05, 4.69) is 15.0 Å². The van der Waals surface area contributed by atoms with E-state index in [1.807, 2.05) is 12.3 Å². The Morgan fingerprint density at radius 3 is 2.76 bits per heavy atom. The summed E-state index contributed by atoms with van der Waals surface area (Å²) in [5.74, 6) is 0.587. The smallest absolute Gasteiger partial charge is 0.274 e. The second-order valence-electron chi connectivity index (χ2n) is 5.07. The van der Waals surface area contributed by atoms with Crippen LogP contribution in [0.15, 0.2) is 33.2 Å². The van der Waals surface area contributed by atoms with Crippen LogP contribution in [-0.2, 0) is 22.1 Å². The van der Waals surface area contributed by atoms with E-state index >= 15 is 0 Å². The zero-order valence-corrected chi connectivity index (χ0v) is 13.8. The molecule has 0 radical (unpaired) electrons. The van der Waals surface area contributed by atoms with Crippen molar-refractivity contribution in [2.75, 3.05) is 6.54 Å². The van der Waals surface area contributed by atoms with Gasteiger partial charge < -0.3 is 9.73 Å². The summed E-state index contributed by atoms with van der Waals surface area (Å²) in [6.45, 7) is 6.80. The Kier molecular flexibility index (Phi) is 4.82. The second kappa shape index (κ2) is 6.27. The fraction of sp³-hybridized carbons (Fsp3) is 0.462. The standard InChI is InChI=1S/C13H19N3O3S2/c1-4-14-9-10-5-6-11(19-10)21(17,18)16-13(2,3)12-15-7-8-20-12/h5-8,14,16H,4,9H2,1-3H3. The van der Waals surface area contributed by atoms with E-state index in [1.54, 1.807) is 26.1 Å². The Morgan fingerprint density at radius 1 is 1.38 bits per heavy atom. The van der Waals surface area contributed by atoms with Crippen LogP contribution in [0.4, 0.5) is 0 Å². The maximum Gasteiger partial charge on any atom is 0.274 e. The topological polar surface area (TPSA) is 84.2 Å². The van der Waals surface area contributed by atoms with Crippen LogP contribution in [-0.4, -0.2) is 19.9 Å². The van der Waals surface area contributed by atoms with Crippen molar-refractivity contribution in [1.29, 1.82) is 0 Å². The summed E-state index contributed by atoms with van der Waals surface area (Å²) in [6.07, 6.45) is 1.65. The maximum atomic E-state index is 12.4. The van der Waals surface area contributed by atoms with E-state index < -0.39 is 15.6 Å². The van der Waals surface area contributed by atoms with Crippen molar-refractivity contribution in [3.05, 3.63) is 34.5 Å². The quantitative estimate of drug-likeness (QED) is 0.812. The highest BCUT2D eigenvalue weighted by Gasteiger charge is 2.31. The van der Waals surface area contributed by atoms with Crippen LogP contribution in [0.25, 0.3) is 0 Å². The van der Waals surface area contributed by atoms with Crippen molar-refractivity contribution in [2.45, 2.75) is 37.9 Å². The van der Waals surface area contributed by atoms with E-state index in [4.69, 9.17) is 4.42 Å². The minimum atomic E-state index is -3.73. The van der Waals surface area contributed by atoms with Gasteiger partial charge in [-0.2, -0.15) is 4.72 Å². The van der Waals surface area contributed by atoms with Crippen LogP contribution in [0.2, 0.25) is 0 Å². The van der Waals surface area contributed by atoms with Crippen LogP contribution >= 0.6 is 11.3 Å². The molecule has 0 bridgehead atoms. The van der Waals surface area contributed by atoms with Gasteiger partial charge >= 0.3 is 0 Å². The Hall–Kier alpha value is -1.22. The zero-order valence-electron chi connectivity index (χ0n) is 12.2. The van der Waals surface area contributed by atoms with E-state index in [9.17, 15) is 8.42 Å². The van der Waals surface area contributed by atoms with Gasteiger partial charge in [0, 0.05) is 11.6 Å². The van der Waals surface area contributed by atoms with Crippen molar-refractivity contribution < 1.29 is 12.8 Å². The van der Waals surface area contributed by atoms with Crippen LogP contribution in [0.1, 0.15) is 31.5 Å². The Labute approximate surface area is 128 Å². The van der Waals surface area contributed by atoms with E-state index in [0.29, 0.717) is 17.3 Å². The summed E-state index contributed by atoms with van der Waals surface area (Å²) < 4.78 is 32.8. The Morgan fingerprint density at radius 2 is 2.14 bits per heavy atom. The number of hydrogen-bond donors (Lipinski definition) is 2. The molecule has 0 aromatic carbocycles. The normalized spacial score (nSPS) is 12.7. The molecule has 116 valence electrons. The molecule has 8 heteroatoms.